The van der Waals surface area contributed by atoms with E-state index in [1.54, 1.807) is 25.4 Å². The number of aryl methyl sites for hydroxylation is 1. The largest absolute Gasteiger partial charge is 0.479 e. The van der Waals surface area contributed by atoms with Gasteiger partial charge in [-0.25, -0.2) is 17.2 Å². The Bertz CT molecular complexity index is 1880. The van der Waals surface area contributed by atoms with Crippen LogP contribution in [0.5, 0.6) is 17.4 Å². The van der Waals surface area contributed by atoms with E-state index in [4.69, 9.17) is 14.0 Å². The monoisotopic (exact) mass is 573 g/mol. The molecule has 0 bridgehead atoms. The summed E-state index contributed by atoms with van der Waals surface area (Å²) in [6.45, 7) is 1.50. The van der Waals surface area contributed by atoms with E-state index in [-0.39, 0.29) is 34.4 Å². The van der Waals surface area contributed by atoms with Gasteiger partial charge in [0.25, 0.3) is 11.4 Å². The predicted octanol–water partition coefficient (Wildman–Crippen LogP) is 5.76. The number of nitrogens with one attached hydrogen (secondary N) is 1. The Balaban J connectivity index is 1.73. The number of methoxy groups -OCH3 is 1. The van der Waals surface area contributed by atoms with Crippen LogP contribution in [0.1, 0.15) is 6.92 Å². The number of nitrogens with zero attached hydrogens (tertiary/aromatic N) is 2. The van der Waals surface area contributed by atoms with Crippen LogP contribution in [0.15, 0.2) is 64.0 Å². The summed E-state index contributed by atoms with van der Waals surface area (Å²) in [6, 6.07) is 10.7. The van der Waals surface area contributed by atoms with Crippen molar-refractivity contribution in [3.05, 3.63) is 76.7 Å². The van der Waals surface area contributed by atoms with Crippen molar-refractivity contribution in [2.75, 3.05) is 17.6 Å². The Kier molecular flexibility index (Phi) is 6.87. The van der Waals surface area contributed by atoms with Gasteiger partial charge in [0, 0.05) is 41.5 Å². The molecule has 39 heavy (non-hydrogen) atoms. The first-order chi connectivity index (χ1) is 18.6. The fraction of sp³-hybridized carbons (Fsp3) is 0.154. The molecular formula is C26H21F2N3O6S2. The van der Waals surface area contributed by atoms with Crippen LogP contribution in [0, 0.1) is 11.6 Å². The second-order valence-corrected chi connectivity index (χ2v) is 11.5. The number of rotatable bonds is 8. The molecule has 0 aliphatic rings. The average molecular weight is 574 g/mol. The fourth-order valence-corrected chi connectivity index (χ4v) is 5.59. The van der Waals surface area contributed by atoms with Gasteiger partial charge in [-0.05, 0) is 48.5 Å². The van der Waals surface area contributed by atoms with Crippen LogP contribution < -0.4 is 19.8 Å². The van der Waals surface area contributed by atoms with E-state index in [0.717, 1.165) is 12.1 Å². The molecule has 0 unspecified atom stereocenters. The van der Waals surface area contributed by atoms with E-state index in [9.17, 15) is 22.0 Å². The van der Waals surface area contributed by atoms with Crippen LogP contribution in [0.3, 0.4) is 0 Å². The van der Waals surface area contributed by atoms with Gasteiger partial charge in [-0.2, -0.15) is 0 Å². The summed E-state index contributed by atoms with van der Waals surface area (Å²) in [4.78, 5) is 13.7. The zero-order valence-corrected chi connectivity index (χ0v) is 22.5. The molecule has 0 amide bonds. The van der Waals surface area contributed by atoms with Crippen molar-refractivity contribution in [1.82, 2.24) is 9.72 Å². The SMILES string of the molecule is CCS(=O)(=O)Nc1ccc(Oc2ccc(F)cc2F)c(-c2cn(C)c(=O)c3sc(-c4cc(OC)no4)cc23)c1. The third-order valence-corrected chi connectivity index (χ3v) is 8.28. The third-order valence-electron chi connectivity index (χ3n) is 5.84. The maximum Gasteiger partial charge on any atom is 0.268 e. The number of pyridine rings is 1. The first kappa shape index (κ1) is 26.4. The molecule has 1 N–H and O–H groups in total. The lowest BCUT2D eigenvalue weighted by molar-refractivity contribution is 0.343. The van der Waals surface area contributed by atoms with Gasteiger partial charge in [-0.1, -0.05) is 0 Å². The van der Waals surface area contributed by atoms with Crippen LogP contribution >= 0.6 is 11.3 Å². The van der Waals surface area contributed by atoms with Crippen molar-refractivity contribution in [3.8, 4) is 39.1 Å². The summed E-state index contributed by atoms with van der Waals surface area (Å²) in [6.07, 6.45) is 1.57. The molecule has 2 aromatic carbocycles. The smallest absolute Gasteiger partial charge is 0.268 e. The molecule has 13 heteroatoms. The van der Waals surface area contributed by atoms with Gasteiger partial charge in [-0.3, -0.25) is 9.52 Å². The highest BCUT2D eigenvalue weighted by molar-refractivity contribution is 7.92. The second kappa shape index (κ2) is 10.2. The highest BCUT2D eigenvalue weighted by Gasteiger charge is 2.21. The highest BCUT2D eigenvalue weighted by atomic mass is 32.2. The molecule has 0 aliphatic carbocycles. The summed E-state index contributed by atoms with van der Waals surface area (Å²) in [5, 5.41) is 4.33. The van der Waals surface area contributed by atoms with E-state index in [2.05, 4.69) is 9.88 Å². The van der Waals surface area contributed by atoms with Crippen LogP contribution in [0.25, 0.3) is 31.9 Å². The molecule has 3 heterocycles. The topological polar surface area (TPSA) is 113 Å². The molecule has 0 saturated carbocycles. The number of benzene rings is 2. The summed E-state index contributed by atoms with van der Waals surface area (Å²) >= 11 is 1.18. The van der Waals surface area contributed by atoms with Gasteiger partial charge in [0.15, 0.2) is 17.3 Å². The molecule has 5 rings (SSSR count). The summed E-state index contributed by atoms with van der Waals surface area (Å²) in [5.74, 6) is -1.27. The number of ether oxygens (including phenoxy) is 2. The Morgan fingerprint density at radius 1 is 1.08 bits per heavy atom. The van der Waals surface area contributed by atoms with Gasteiger partial charge < -0.3 is 18.6 Å². The Hall–Kier alpha value is -4.23. The van der Waals surface area contributed by atoms with E-state index in [0.29, 0.717) is 37.9 Å². The molecule has 0 spiro atoms. The van der Waals surface area contributed by atoms with Crippen LogP contribution in [0.4, 0.5) is 14.5 Å². The fourth-order valence-electron chi connectivity index (χ4n) is 3.86. The second-order valence-electron chi connectivity index (χ2n) is 8.44. The molecule has 0 atom stereocenters. The number of sulfonamides is 1. The average Bonchev–Trinajstić information content (AvgIpc) is 3.56. The van der Waals surface area contributed by atoms with Crippen molar-refractivity contribution < 1.29 is 31.2 Å². The molecule has 5 aromatic rings. The first-order valence-electron chi connectivity index (χ1n) is 11.5. The normalized spacial score (nSPS) is 11.6. The van der Waals surface area contributed by atoms with Gasteiger partial charge in [0.2, 0.25) is 10.0 Å². The number of fused-ring (bicyclic) bond motifs is 1. The zero-order chi connectivity index (χ0) is 27.9. The van der Waals surface area contributed by atoms with E-state index in [1.165, 1.54) is 48.1 Å². The van der Waals surface area contributed by atoms with Gasteiger partial charge >= 0.3 is 0 Å². The van der Waals surface area contributed by atoms with E-state index < -0.39 is 21.7 Å². The zero-order valence-electron chi connectivity index (χ0n) is 20.8. The van der Waals surface area contributed by atoms with Crippen molar-refractivity contribution in [3.63, 3.8) is 0 Å². The number of anilines is 1. The standard InChI is InChI=1S/C26H21F2N3O6S2/c1-4-39(33,34)30-15-6-8-20(36-21-7-5-14(27)9-19(21)28)16(10-15)18-13-31(2)26(32)25-17(18)11-23(38-25)22-12-24(35-3)29-37-22/h5-13,30H,4H2,1-3H3. The van der Waals surface area contributed by atoms with Crippen molar-refractivity contribution in [2.24, 2.45) is 7.05 Å². The number of hydrogen-bond donors (Lipinski definition) is 1. The Morgan fingerprint density at radius 2 is 1.85 bits per heavy atom. The lowest BCUT2D eigenvalue weighted by Gasteiger charge is -2.16. The first-order valence-corrected chi connectivity index (χ1v) is 14.0. The quantitative estimate of drug-likeness (QED) is 0.251. The van der Waals surface area contributed by atoms with Crippen molar-refractivity contribution in [1.29, 1.82) is 0 Å². The molecule has 0 radical (unpaired) electrons. The summed E-state index contributed by atoms with van der Waals surface area (Å²) in [5.41, 5.74) is 0.814. The highest BCUT2D eigenvalue weighted by Crippen LogP contribution is 2.42. The van der Waals surface area contributed by atoms with E-state index in [1.807, 2.05) is 0 Å². The Morgan fingerprint density at radius 3 is 2.54 bits per heavy atom. The molecule has 0 saturated heterocycles. The maximum absolute atomic E-state index is 14.5. The van der Waals surface area contributed by atoms with E-state index >= 15 is 0 Å². The number of aromatic nitrogens is 2. The molecule has 9 nitrogen and oxygen atoms in total. The van der Waals surface area contributed by atoms with Gasteiger partial charge in [0.1, 0.15) is 16.3 Å². The van der Waals surface area contributed by atoms with Gasteiger partial charge in [0.05, 0.1) is 23.8 Å². The van der Waals surface area contributed by atoms with Crippen molar-refractivity contribution >= 4 is 37.1 Å². The maximum atomic E-state index is 14.5. The van der Waals surface area contributed by atoms with Crippen LogP contribution in [-0.4, -0.2) is 31.0 Å². The van der Waals surface area contributed by atoms with Crippen LogP contribution in [0.2, 0.25) is 0 Å². The minimum Gasteiger partial charge on any atom is -0.479 e. The predicted molar refractivity (Wildman–Crippen MR) is 144 cm³/mol. The Labute approximate surface area is 225 Å². The van der Waals surface area contributed by atoms with Crippen LogP contribution in [-0.2, 0) is 17.1 Å². The number of thiophene rings is 1. The summed E-state index contributed by atoms with van der Waals surface area (Å²) in [7, 11) is -0.596. The molecular weight excluding hydrogens is 552 g/mol. The van der Waals surface area contributed by atoms with Crippen molar-refractivity contribution in [2.45, 2.75) is 6.92 Å². The summed E-state index contributed by atoms with van der Waals surface area (Å²) < 4.78 is 73.0. The lowest BCUT2D eigenvalue weighted by Crippen LogP contribution is -2.16. The van der Waals surface area contributed by atoms with Gasteiger partial charge in [-0.15, -0.1) is 11.3 Å². The molecule has 0 fully saturated rings. The molecule has 202 valence electrons. The number of hydrogen-bond acceptors (Lipinski definition) is 8. The lowest BCUT2D eigenvalue weighted by atomic mass is 10.0. The molecule has 0 aliphatic heterocycles. The number of halogens is 2. The molecule has 3 aromatic heterocycles. The third kappa shape index (κ3) is 5.22. The minimum atomic E-state index is -3.62. The minimum absolute atomic E-state index is 0.147.